The molecule has 1 unspecified atom stereocenters. The van der Waals surface area contributed by atoms with Crippen LogP contribution >= 0.6 is 0 Å². The normalized spacial score (nSPS) is 32.6. The molecular weight excluding hydrogens is 120 g/mol. The zero-order chi connectivity index (χ0) is 7.40. The first-order valence-corrected chi connectivity index (χ1v) is 4.25. The Morgan fingerprint density at radius 3 is 2.70 bits per heavy atom. The highest BCUT2D eigenvalue weighted by atomic mass is 14.2. The van der Waals surface area contributed by atoms with Crippen molar-refractivity contribution in [2.45, 2.75) is 39.5 Å². The second-order valence-electron chi connectivity index (χ2n) is 3.36. The van der Waals surface area contributed by atoms with Crippen molar-refractivity contribution in [3.8, 4) is 11.8 Å². The predicted octanol–water partition coefficient (Wildman–Crippen LogP) is 2.84. The Hall–Kier alpha value is -0.440. The molecule has 0 aromatic carbocycles. The minimum atomic E-state index is 0.716. The van der Waals surface area contributed by atoms with Gasteiger partial charge in [-0.1, -0.05) is 19.8 Å². The van der Waals surface area contributed by atoms with E-state index in [0.29, 0.717) is 5.92 Å². The summed E-state index contributed by atoms with van der Waals surface area (Å²) < 4.78 is 0. The van der Waals surface area contributed by atoms with E-state index in [4.69, 9.17) is 0 Å². The molecule has 1 fully saturated rings. The molecule has 0 N–H and O–H groups in total. The van der Waals surface area contributed by atoms with Gasteiger partial charge in [-0.15, -0.1) is 11.8 Å². The molecule has 0 bridgehead atoms. The van der Waals surface area contributed by atoms with Gasteiger partial charge in [0.2, 0.25) is 0 Å². The third-order valence-electron chi connectivity index (χ3n) is 2.28. The van der Waals surface area contributed by atoms with Crippen LogP contribution in [0.1, 0.15) is 39.5 Å². The van der Waals surface area contributed by atoms with Gasteiger partial charge in [0.05, 0.1) is 0 Å². The third kappa shape index (κ3) is 2.06. The topological polar surface area (TPSA) is 0 Å². The van der Waals surface area contributed by atoms with E-state index in [0.717, 1.165) is 5.92 Å². The van der Waals surface area contributed by atoms with Crippen LogP contribution in [0.2, 0.25) is 0 Å². The van der Waals surface area contributed by atoms with E-state index in [1.54, 1.807) is 0 Å². The predicted molar refractivity (Wildman–Crippen MR) is 44.6 cm³/mol. The fourth-order valence-corrected chi connectivity index (χ4v) is 1.77. The number of hydrogen-bond donors (Lipinski definition) is 0. The molecule has 0 aromatic rings. The molecule has 10 heavy (non-hydrogen) atoms. The molecule has 0 saturated heterocycles. The van der Waals surface area contributed by atoms with Gasteiger partial charge in [0, 0.05) is 5.92 Å². The fraction of sp³-hybridized carbons (Fsp3) is 0.800. The molecular formula is C10H16. The van der Waals surface area contributed by atoms with Crippen LogP contribution in [0.3, 0.4) is 0 Å². The summed E-state index contributed by atoms with van der Waals surface area (Å²) in [7, 11) is 0. The Bertz CT molecular complexity index is 147. The monoisotopic (exact) mass is 136 g/mol. The molecule has 0 aliphatic heterocycles. The van der Waals surface area contributed by atoms with Crippen LogP contribution in [-0.4, -0.2) is 0 Å². The molecule has 1 rings (SSSR count). The van der Waals surface area contributed by atoms with E-state index >= 15 is 0 Å². The van der Waals surface area contributed by atoms with Crippen molar-refractivity contribution in [1.82, 2.24) is 0 Å². The quantitative estimate of drug-likeness (QED) is 0.449. The minimum absolute atomic E-state index is 0.716. The van der Waals surface area contributed by atoms with E-state index < -0.39 is 0 Å². The largest absolute Gasteiger partial charge is 0.106 e. The highest BCUT2D eigenvalue weighted by molar-refractivity contribution is 5.02. The van der Waals surface area contributed by atoms with Crippen molar-refractivity contribution in [2.24, 2.45) is 11.8 Å². The summed E-state index contributed by atoms with van der Waals surface area (Å²) in [6, 6.07) is 0. The van der Waals surface area contributed by atoms with Gasteiger partial charge >= 0.3 is 0 Å². The van der Waals surface area contributed by atoms with Crippen LogP contribution < -0.4 is 0 Å². The summed E-state index contributed by atoms with van der Waals surface area (Å²) in [5, 5.41) is 0. The molecule has 1 saturated carbocycles. The zero-order valence-electron chi connectivity index (χ0n) is 6.98. The highest BCUT2D eigenvalue weighted by Gasteiger charge is 2.16. The summed E-state index contributed by atoms with van der Waals surface area (Å²) in [6.07, 6.45) is 5.48. The Kier molecular flexibility index (Phi) is 2.81. The van der Waals surface area contributed by atoms with Crippen molar-refractivity contribution in [3.05, 3.63) is 0 Å². The van der Waals surface area contributed by atoms with E-state index in [1.807, 2.05) is 6.92 Å². The molecule has 1 aliphatic carbocycles. The van der Waals surface area contributed by atoms with Crippen LogP contribution in [0.15, 0.2) is 0 Å². The molecule has 0 nitrogen and oxygen atoms in total. The van der Waals surface area contributed by atoms with Crippen LogP contribution in [0.25, 0.3) is 0 Å². The molecule has 0 heterocycles. The summed E-state index contributed by atoms with van der Waals surface area (Å²) >= 11 is 0. The SMILES string of the molecule is CC#CC1CCC[C@H](C)C1. The van der Waals surface area contributed by atoms with Crippen LogP contribution in [0.4, 0.5) is 0 Å². The molecule has 1 aliphatic rings. The molecule has 2 atom stereocenters. The lowest BCUT2D eigenvalue weighted by atomic mass is 9.83. The molecule has 0 spiro atoms. The van der Waals surface area contributed by atoms with Gasteiger partial charge in [0.25, 0.3) is 0 Å². The first kappa shape index (κ1) is 7.66. The lowest BCUT2D eigenvalue weighted by molar-refractivity contribution is 0.333. The summed E-state index contributed by atoms with van der Waals surface area (Å²) in [5.41, 5.74) is 0. The lowest BCUT2D eigenvalue weighted by Crippen LogP contribution is -2.11. The number of rotatable bonds is 0. The van der Waals surface area contributed by atoms with Gasteiger partial charge in [-0.2, -0.15) is 0 Å². The first-order valence-electron chi connectivity index (χ1n) is 4.25. The lowest BCUT2D eigenvalue weighted by Gasteiger charge is -2.22. The van der Waals surface area contributed by atoms with Gasteiger partial charge in [-0.25, -0.2) is 0 Å². The Morgan fingerprint density at radius 1 is 1.30 bits per heavy atom. The molecule has 0 heteroatoms. The standard InChI is InChI=1S/C10H16/c1-3-5-10-7-4-6-9(2)8-10/h9-10H,4,6-8H2,1-2H3/t9-,10?/m0/s1. The van der Waals surface area contributed by atoms with Crippen LogP contribution in [-0.2, 0) is 0 Å². The first-order chi connectivity index (χ1) is 4.83. The van der Waals surface area contributed by atoms with Crippen molar-refractivity contribution in [2.75, 3.05) is 0 Å². The van der Waals surface area contributed by atoms with Gasteiger partial charge in [0.15, 0.2) is 0 Å². The van der Waals surface area contributed by atoms with Gasteiger partial charge in [-0.05, 0) is 25.7 Å². The summed E-state index contributed by atoms with van der Waals surface area (Å²) in [6.45, 7) is 4.28. The summed E-state index contributed by atoms with van der Waals surface area (Å²) in [5.74, 6) is 7.91. The molecule has 0 amide bonds. The van der Waals surface area contributed by atoms with E-state index in [2.05, 4.69) is 18.8 Å². The summed E-state index contributed by atoms with van der Waals surface area (Å²) in [4.78, 5) is 0. The Labute approximate surface area is 64.0 Å². The van der Waals surface area contributed by atoms with Crippen LogP contribution in [0.5, 0.6) is 0 Å². The minimum Gasteiger partial charge on any atom is -0.106 e. The fourth-order valence-electron chi connectivity index (χ4n) is 1.77. The second-order valence-corrected chi connectivity index (χ2v) is 3.36. The van der Waals surface area contributed by atoms with Crippen molar-refractivity contribution < 1.29 is 0 Å². The second kappa shape index (κ2) is 3.66. The molecule has 0 radical (unpaired) electrons. The van der Waals surface area contributed by atoms with Crippen molar-refractivity contribution in [3.63, 3.8) is 0 Å². The Morgan fingerprint density at radius 2 is 2.10 bits per heavy atom. The maximum atomic E-state index is 3.26. The van der Waals surface area contributed by atoms with E-state index in [-0.39, 0.29) is 0 Å². The highest BCUT2D eigenvalue weighted by Crippen LogP contribution is 2.27. The van der Waals surface area contributed by atoms with Crippen LogP contribution in [0, 0.1) is 23.7 Å². The smallest absolute Gasteiger partial charge is 0.0205 e. The van der Waals surface area contributed by atoms with Gasteiger partial charge in [-0.3, -0.25) is 0 Å². The molecule has 0 aromatic heterocycles. The maximum Gasteiger partial charge on any atom is 0.0205 e. The molecule has 56 valence electrons. The van der Waals surface area contributed by atoms with E-state index in [1.165, 1.54) is 25.7 Å². The van der Waals surface area contributed by atoms with Crippen molar-refractivity contribution >= 4 is 0 Å². The van der Waals surface area contributed by atoms with Gasteiger partial charge < -0.3 is 0 Å². The number of hydrogen-bond acceptors (Lipinski definition) is 0. The van der Waals surface area contributed by atoms with Gasteiger partial charge in [0.1, 0.15) is 0 Å². The third-order valence-corrected chi connectivity index (χ3v) is 2.28. The maximum absolute atomic E-state index is 3.26. The van der Waals surface area contributed by atoms with Crippen molar-refractivity contribution in [1.29, 1.82) is 0 Å². The Balaban J connectivity index is 2.37. The average Bonchev–Trinajstić information content (AvgIpc) is 1.88. The average molecular weight is 136 g/mol. The zero-order valence-corrected chi connectivity index (χ0v) is 6.98. The van der Waals surface area contributed by atoms with E-state index in [9.17, 15) is 0 Å².